The first-order valence-electron chi connectivity index (χ1n) is 3.71. The van der Waals surface area contributed by atoms with Gasteiger partial charge in [0.2, 0.25) is 0 Å². The number of nitrogens with zero attached hydrogens (tertiary/aromatic N) is 1. The summed E-state index contributed by atoms with van der Waals surface area (Å²) < 4.78 is 12.7. The maximum Gasteiger partial charge on any atom is 0.276 e. The molecular formula is C9H6FNO3. The molecular weight excluding hydrogens is 189 g/mol. The van der Waals surface area contributed by atoms with E-state index in [0.717, 1.165) is 24.3 Å². The van der Waals surface area contributed by atoms with Crippen molar-refractivity contribution in [1.82, 2.24) is 0 Å². The number of aldehydes is 1. The van der Waals surface area contributed by atoms with Crippen molar-refractivity contribution in [1.29, 1.82) is 0 Å². The average Bonchev–Trinajstić information content (AvgIpc) is 2.14. The molecule has 0 bridgehead atoms. The van der Waals surface area contributed by atoms with Gasteiger partial charge in [0.05, 0.1) is 10.5 Å². The summed E-state index contributed by atoms with van der Waals surface area (Å²) in [6.07, 6.45) is 2.73. The Labute approximate surface area is 78.8 Å². The molecule has 0 aromatic heterocycles. The molecule has 14 heavy (non-hydrogen) atoms. The van der Waals surface area contributed by atoms with Crippen molar-refractivity contribution in [2.24, 2.45) is 0 Å². The number of hydrogen-bond acceptors (Lipinski definition) is 3. The Hall–Kier alpha value is -2.04. The van der Waals surface area contributed by atoms with Gasteiger partial charge in [0, 0.05) is 6.07 Å². The summed E-state index contributed by atoms with van der Waals surface area (Å²) >= 11 is 0. The number of nitro benzene ring substituents is 1. The third kappa shape index (κ3) is 2.22. The van der Waals surface area contributed by atoms with Crippen LogP contribution in [-0.2, 0) is 4.79 Å². The Kier molecular flexibility index (Phi) is 3.06. The molecule has 4 nitrogen and oxygen atoms in total. The fraction of sp³-hybridized carbons (Fsp3) is 0. The van der Waals surface area contributed by atoms with E-state index in [1.54, 1.807) is 0 Å². The van der Waals surface area contributed by atoms with Crippen LogP contribution >= 0.6 is 0 Å². The van der Waals surface area contributed by atoms with Crippen molar-refractivity contribution >= 4 is 18.0 Å². The highest BCUT2D eigenvalue weighted by atomic mass is 19.1. The van der Waals surface area contributed by atoms with Crippen molar-refractivity contribution < 1.29 is 14.1 Å². The van der Waals surface area contributed by atoms with E-state index >= 15 is 0 Å². The maximum atomic E-state index is 12.7. The zero-order chi connectivity index (χ0) is 10.6. The van der Waals surface area contributed by atoms with Gasteiger partial charge >= 0.3 is 0 Å². The van der Waals surface area contributed by atoms with Crippen LogP contribution in [0.15, 0.2) is 24.3 Å². The molecule has 0 amide bonds. The number of nitro groups is 1. The number of hydrogen-bond donors (Lipinski definition) is 0. The van der Waals surface area contributed by atoms with E-state index in [2.05, 4.69) is 0 Å². The van der Waals surface area contributed by atoms with Crippen molar-refractivity contribution in [2.45, 2.75) is 0 Å². The molecule has 1 rings (SSSR count). The Morgan fingerprint density at radius 2 is 2.14 bits per heavy atom. The third-order valence-corrected chi connectivity index (χ3v) is 1.54. The number of benzene rings is 1. The molecule has 0 fully saturated rings. The van der Waals surface area contributed by atoms with E-state index in [-0.39, 0.29) is 11.3 Å². The predicted octanol–water partition coefficient (Wildman–Crippen LogP) is 1.95. The van der Waals surface area contributed by atoms with Crippen molar-refractivity contribution in [3.05, 3.63) is 45.8 Å². The Balaban J connectivity index is 3.22. The summed E-state index contributed by atoms with van der Waals surface area (Å²) in [5.41, 5.74) is -0.161. The van der Waals surface area contributed by atoms with Crippen LogP contribution in [0.25, 0.3) is 6.08 Å². The molecule has 0 atom stereocenters. The normalized spacial score (nSPS) is 10.4. The van der Waals surface area contributed by atoms with Gasteiger partial charge in [-0.05, 0) is 24.3 Å². The second-order valence-electron chi connectivity index (χ2n) is 2.46. The maximum absolute atomic E-state index is 12.7. The third-order valence-electron chi connectivity index (χ3n) is 1.54. The molecule has 72 valence electrons. The van der Waals surface area contributed by atoms with Gasteiger partial charge in [-0.2, -0.15) is 0 Å². The molecule has 5 heteroatoms. The summed E-state index contributed by atoms with van der Waals surface area (Å²) in [7, 11) is 0. The first kappa shape index (κ1) is 10.0. The molecule has 0 spiro atoms. The van der Waals surface area contributed by atoms with Crippen LogP contribution in [0, 0.1) is 15.9 Å². The molecule has 0 N–H and O–H groups in total. The zero-order valence-corrected chi connectivity index (χ0v) is 7.01. The second kappa shape index (κ2) is 4.27. The minimum Gasteiger partial charge on any atom is -0.299 e. The van der Waals surface area contributed by atoms with E-state index in [1.165, 1.54) is 6.08 Å². The molecule has 0 radical (unpaired) electrons. The van der Waals surface area contributed by atoms with E-state index in [9.17, 15) is 19.3 Å². The van der Waals surface area contributed by atoms with Crippen molar-refractivity contribution in [3.8, 4) is 0 Å². The highest BCUT2D eigenvalue weighted by Crippen LogP contribution is 2.20. The van der Waals surface area contributed by atoms with Gasteiger partial charge in [-0.25, -0.2) is 4.39 Å². The zero-order valence-electron chi connectivity index (χ0n) is 7.01. The number of carbonyl (C=O) groups is 1. The van der Waals surface area contributed by atoms with E-state index < -0.39 is 10.7 Å². The minimum atomic E-state index is -0.635. The summed E-state index contributed by atoms with van der Waals surface area (Å²) in [4.78, 5) is 19.8. The smallest absolute Gasteiger partial charge is 0.276 e. The van der Waals surface area contributed by atoms with Crippen molar-refractivity contribution in [2.75, 3.05) is 0 Å². The Morgan fingerprint density at radius 3 is 2.71 bits per heavy atom. The summed E-state index contributed by atoms with van der Waals surface area (Å²) in [5, 5.41) is 10.5. The molecule has 0 saturated heterocycles. The van der Waals surface area contributed by atoms with E-state index in [1.807, 2.05) is 0 Å². The van der Waals surface area contributed by atoms with Crippen LogP contribution in [0.4, 0.5) is 10.1 Å². The van der Waals surface area contributed by atoms with Crippen LogP contribution in [0.2, 0.25) is 0 Å². The molecule has 0 aliphatic heterocycles. The lowest BCUT2D eigenvalue weighted by molar-refractivity contribution is -0.385. The molecule has 0 heterocycles. The van der Waals surface area contributed by atoms with Crippen molar-refractivity contribution in [3.63, 3.8) is 0 Å². The first-order chi connectivity index (χ1) is 6.65. The monoisotopic (exact) mass is 195 g/mol. The molecule has 0 saturated carbocycles. The van der Waals surface area contributed by atoms with Crippen LogP contribution in [0.1, 0.15) is 5.56 Å². The molecule has 1 aromatic carbocycles. The van der Waals surface area contributed by atoms with Gasteiger partial charge in [0.25, 0.3) is 5.69 Å². The van der Waals surface area contributed by atoms with Gasteiger partial charge in [0.1, 0.15) is 12.1 Å². The van der Waals surface area contributed by atoms with Crippen LogP contribution in [-0.4, -0.2) is 11.2 Å². The van der Waals surface area contributed by atoms with Gasteiger partial charge in [-0.15, -0.1) is 0 Å². The highest BCUT2D eigenvalue weighted by molar-refractivity contribution is 5.76. The van der Waals surface area contributed by atoms with Crippen LogP contribution in [0.3, 0.4) is 0 Å². The lowest BCUT2D eigenvalue weighted by Gasteiger charge is -1.96. The van der Waals surface area contributed by atoms with E-state index in [0.29, 0.717) is 6.29 Å². The van der Waals surface area contributed by atoms with Crippen LogP contribution < -0.4 is 0 Å². The van der Waals surface area contributed by atoms with Gasteiger partial charge in [-0.3, -0.25) is 14.9 Å². The van der Waals surface area contributed by atoms with Gasteiger partial charge in [0.15, 0.2) is 0 Å². The van der Waals surface area contributed by atoms with Gasteiger partial charge in [-0.1, -0.05) is 0 Å². The lowest BCUT2D eigenvalue weighted by atomic mass is 10.1. The standard InChI is InChI=1S/C9H6FNO3/c10-8-3-4-9(11(13)14)7(6-8)2-1-5-12/h1-6H. The SMILES string of the molecule is O=CC=Cc1cc(F)ccc1[N+](=O)[O-]. The van der Waals surface area contributed by atoms with Gasteiger partial charge < -0.3 is 0 Å². The number of allylic oxidation sites excluding steroid dienone is 1. The Bertz CT molecular complexity index is 401. The summed E-state index contributed by atoms with van der Waals surface area (Å²) in [5.74, 6) is -0.582. The largest absolute Gasteiger partial charge is 0.299 e. The molecule has 0 unspecified atom stereocenters. The van der Waals surface area contributed by atoms with Crippen LogP contribution in [0.5, 0.6) is 0 Å². The predicted molar refractivity (Wildman–Crippen MR) is 48.2 cm³/mol. The topological polar surface area (TPSA) is 60.2 Å². The average molecular weight is 195 g/mol. The highest BCUT2D eigenvalue weighted by Gasteiger charge is 2.11. The number of halogens is 1. The molecule has 0 aliphatic rings. The summed E-state index contributed by atoms with van der Waals surface area (Å²) in [6, 6.07) is 3.05. The second-order valence-corrected chi connectivity index (χ2v) is 2.46. The van der Waals surface area contributed by atoms with E-state index in [4.69, 9.17) is 0 Å². The Morgan fingerprint density at radius 1 is 1.43 bits per heavy atom. The molecule has 1 aromatic rings. The number of carbonyl (C=O) groups excluding carboxylic acids is 1. The first-order valence-corrected chi connectivity index (χ1v) is 3.71. The fourth-order valence-electron chi connectivity index (χ4n) is 0.968. The number of rotatable bonds is 3. The minimum absolute atomic E-state index is 0.0714. The lowest BCUT2D eigenvalue weighted by Crippen LogP contribution is -1.92. The fourth-order valence-corrected chi connectivity index (χ4v) is 0.968. The summed E-state index contributed by atoms with van der Waals surface area (Å²) in [6.45, 7) is 0. The quantitative estimate of drug-likeness (QED) is 0.320. The molecule has 0 aliphatic carbocycles.